The van der Waals surface area contributed by atoms with Gasteiger partial charge in [0.1, 0.15) is 0 Å². The van der Waals surface area contributed by atoms with Crippen molar-refractivity contribution in [3.63, 3.8) is 0 Å². The normalized spacial score (nSPS) is 12.4. The molecule has 1 unspecified atom stereocenters. The molecule has 1 aromatic carbocycles. The summed E-state index contributed by atoms with van der Waals surface area (Å²) < 4.78 is 10.8. The molecule has 0 fully saturated rings. The van der Waals surface area contributed by atoms with Gasteiger partial charge in [-0.25, -0.2) is 0 Å². The molecule has 0 aliphatic rings. The van der Waals surface area contributed by atoms with Gasteiger partial charge in [-0.05, 0) is 18.4 Å². The minimum absolute atomic E-state index is 0. The second-order valence-corrected chi connectivity index (χ2v) is 5.65. The molecule has 0 amide bonds. The molecule has 0 bridgehead atoms. The first-order valence-electron chi connectivity index (χ1n) is 8.02. The fourth-order valence-electron chi connectivity index (χ4n) is 2.07. The quantitative estimate of drug-likeness (QED) is 0.359. The summed E-state index contributed by atoms with van der Waals surface area (Å²) in [5.41, 5.74) is 1.19. The first-order valence-corrected chi connectivity index (χ1v) is 8.02. The smallest absolute Gasteiger partial charge is 0.246 e. The van der Waals surface area contributed by atoms with Gasteiger partial charge in [0.25, 0.3) is 0 Å². The molecule has 0 spiro atoms. The maximum Gasteiger partial charge on any atom is 0.246 e. The van der Waals surface area contributed by atoms with Crippen LogP contribution in [0.4, 0.5) is 0 Å². The van der Waals surface area contributed by atoms with Crippen molar-refractivity contribution in [2.45, 2.75) is 27.0 Å². The Balaban J connectivity index is 0.00000312. The predicted molar refractivity (Wildman–Crippen MR) is 108 cm³/mol. The molecule has 2 N–H and O–H groups in total. The number of rotatable bonds is 8. The van der Waals surface area contributed by atoms with Gasteiger partial charge >= 0.3 is 0 Å². The Morgan fingerprint density at radius 1 is 1.28 bits per heavy atom. The third kappa shape index (κ3) is 8.30. The maximum absolute atomic E-state index is 5.75. The van der Waals surface area contributed by atoms with Crippen LogP contribution in [-0.2, 0) is 17.9 Å². The second-order valence-electron chi connectivity index (χ2n) is 5.65. The molecule has 7 nitrogen and oxygen atoms in total. The van der Waals surface area contributed by atoms with Crippen molar-refractivity contribution >= 4 is 29.9 Å². The zero-order chi connectivity index (χ0) is 17.2. The Kier molecular flexibility index (Phi) is 10.1. The lowest BCUT2D eigenvalue weighted by Gasteiger charge is -2.15. The second kappa shape index (κ2) is 11.8. The Labute approximate surface area is 165 Å². The molecular formula is C17H26IN5O2. The van der Waals surface area contributed by atoms with Gasteiger partial charge in [-0.15, -0.1) is 24.0 Å². The van der Waals surface area contributed by atoms with E-state index in [2.05, 4.69) is 44.8 Å². The number of nitrogens with zero attached hydrogens (tertiary/aromatic N) is 3. The third-order valence-corrected chi connectivity index (χ3v) is 3.33. The van der Waals surface area contributed by atoms with E-state index in [9.17, 15) is 0 Å². The summed E-state index contributed by atoms with van der Waals surface area (Å²) in [4.78, 5) is 8.31. The van der Waals surface area contributed by atoms with Gasteiger partial charge in [0.15, 0.2) is 11.8 Å². The number of aromatic nitrogens is 2. The lowest BCUT2D eigenvalue weighted by molar-refractivity contribution is 0.0931. The van der Waals surface area contributed by atoms with Crippen molar-refractivity contribution in [3.8, 4) is 0 Å². The van der Waals surface area contributed by atoms with Gasteiger partial charge in [0.2, 0.25) is 5.89 Å². The van der Waals surface area contributed by atoms with E-state index in [0.717, 1.165) is 6.54 Å². The highest BCUT2D eigenvalue weighted by atomic mass is 127. The highest BCUT2D eigenvalue weighted by Crippen LogP contribution is 2.03. The summed E-state index contributed by atoms with van der Waals surface area (Å²) in [6.07, 6.45) is 0. The number of aliphatic imine (C=N–C) groups is 1. The van der Waals surface area contributed by atoms with E-state index in [1.54, 1.807) is 14.0 Å². The first-order chi connectivity index (χ1) is 11.7. The highest BCUT2D eigenvalue weighted by Gasteiger charge is 2.07. The minimum atomic E-state index is 0. The van der Waals surface area contributed by atoms with Crippen molar-refractivity contribution in [1.82, 2.24) is 20.8 Å². The summed E-state index contributed by atoms with van der Waals surface area (Å²) in [6, 6.07) is 10.2. The van der Waals surface area contributed by atoms with E-state index in [0.29, 0.717) is 43.4 Å². The molecule has 1 aromatic heterocycles. The van der Waals surface area contributed by atoms with Crippen LogP contribution >= 0.6 is 24.0 Å². The van der Waals surface area contributed by atoms with Crippen LogP contribution < -0.4 is 10.6 Å². The molecule has 8 heteroatoms. The summed E-state index contributed by atoms with van der Waals surface area (Å²) in [6.45, 7) is 6.44. The van der Waals surface area contributed by atoms with Gasteiger partial charge in [-0.3, -0.25) is 4.99 Å². The SMILES string of the molecule is CN=C(NCc1nc(C)no1)NCC(C)COCc1ccccc1.I. The molecule has 138 valence electrons. The molecule has 1 atom stereocenters. The average Bonchev–Trinajstić information content (AvgIpc) is 3.01. The average molecular weight is 459 g/mol. The predicted octanol–water partition coefficient (Wildman–Crippen LogP) is 2.51. The van der Waals surface area contributed by atoms with Crippen molar-refractivity contribution in [2.75, 3.05) is 20.2 Å². The van der Waals surface area contributed by atoms with Gasteiger partial charge in [-0.1, -0.05) is 42.4 Å². The number of guanidine groups is 1. The summed E-state index contributed by atoms with van der Waals surface area (Å²) >= 11 is 0. The Morgan fingerprint density at radius 3 is 2.68 bits per heavy atom. The molecule has 25 heavy (non-hydrogen) atoms. The van der Waals surface area contributed by atoms with Crippen LogP contribution in [0.1, 0.15) is 24.2 Å². The van der Waals surface area contributed by atoms with Crippen LogP contribution in [0.2, 0.25) is 0 Å². The topological polar surface area (TPSA) is 84.6 Å². The molecule has 2 aromatic rings. The number of benzene rings is 1. The molecule has 2 rings (SSSR count). The lowest BCUT2D eigenvalue weighted by Crippen LogP contribution is -2.39. The van der Waals surface area contributed by atoms with Crippen LogP contribution in [0.3, 0.4) is 0 Å². The van der Waals surface area contributed by atoms with Crippen LogP contribution in [0.15, 0.2) is 39.8 Å². The number of ether oxygens (including phenoxy) is 1. The van der Waals surface area contributed by atoms with Crippen molar-refractivity contribution < 1.29 is 9.26 Å². The first kappa shape index (κ1) is 21.4. The van der Waals surface area contributed by atoms with Crippen LogP contribution in [0, 0.1) is 12.8 Å². The maximum atomic E-state index is 5.75. The van der Waals surface area contributed by atoms with E-state index in [4.69, 9.17) is 9.26 Å². The van der Waals surface area contributed by atoms with Crippen LogP contribution in [0.25, 0.3) is 0 Å². The van der Waals surface area contributed by atoms with Gasteiger partial charge in [0, 0.05) is 13.6 Å². The Morgan fingerprint density at radius 2 is 2.04 bits per heavy atom. The van der Waals surface area contributed by atoms with Crippen molar-refractivity contribution in [3.05, 3.63) is 47.6 Å². The molecule has 0 saturated heterocycles. The minimum Gasteiger partial charge on any atom is -0.376 e. The molecule has 0 saturated carbocycles. The number of hydrogen-bond acceptors (Lipinski definition) is 5. The molecule has 0 radical (unpaired) electrons. The summed E-state index contributed by atoms with van der Waals surface area (Å²) in [5, 5.41) is 10.2. The fourth-order valence-corrected chi connectivity index (χ4v) is 2.07. The third-order valence-electron chi connectivity index (χ3n) is 3.33. The number of aryl methyl sites for hydroxylation is 1. The molecule has 0 aliphatic heterocycles. The van der Waals surface area contributed by atoms with E-state index in [1.165, 1.54) is 5.56 Å². The number of nitrogens with one attached hydrogen (secondary N) is 2. The highest BCUT2D eigenvalue weighted by molar-refractivity contribution is 14.0. The van der Waals surface area contributed by atoms with Crippen molar-refractivity contribution in [1.29, 1.82) is 0 Å². The largest absolute Gasteiger partial charge is 0.376 e. The van der Waals surface area contributed by atoms with Crippen molar-refractivity contribution in [2.24, 2.45) is 10.9 Å². The summed E-state index contributed by atoms with van der Waals surface area (Å²) in [7, 11) is 1.73. The van der Waals surface area contributed by atoms with E-state index >= 15 is 0 Å². The lowest BCUT2D eigenvalue weighted by atomic mass is 10.2. The zero-order valence-corrected chi connectivity index (χ0v) is 17.2. The van der Waals surface area contributed by atoms with Gasteiger partial charge in [-0.2, -0.15) is 4.98 Å². The van der Waals surface area contributed by atoms with E-state index in [-0.39, 0.29) is 24.0 Å². The Bertz CT molecular complexity index is 633. The number of hydrogen-bond donors (Lipinski definition) is 2. The van der Waals surface area contributed by atoms with Crippen LogP contribution in [-0.4, -0.2) is 36.3 Å². The standard InChI is InChI=1S/C17H25N5O2.HI/c1-13(11-23-12-15-7-5-4-6-8-15)9-19-17(18-3)20-10-16-21-14(2)22-24-16;/h4-8,13H,9-12H2,1-3H3,(H2,18,19,20);1H. The Hall–Kier alpha value is -1.68. The van der Waals surface area contributed by atoms with E-state index < -0.39 is 0 Å². The van der Waals surface area contributed by atoms with Crippen LogP contribution in [0.5, 0.6) is 0 Å². The van der Waals surface area contributed by atoms with Gasteiger partial charge < -0.3 is 19.9 Å². The molecule has 1 heterocycles. The molecule has 0 aliphatic carbocycles. The van der Waals surface area contributed by atoms with E-state index in [1.807, 2.05) is 18.2 Å². The molecular weight excluding hydrogens is 433 g/mol. The van der Waals surface area contributed by atoms with Gasteiger partial charge in [0.05, 0.1) is 19.8 Å². The fraction of sp³-hybridized carbons (Fsp3) is 0.471. The number of halogens is 1. The zero-order valence-electron chi connectivity index (χ0n) is 14.9. The monoisotopic (exact) mass is 459 g/mol. The summed E-state index contributed by atoms with van der Waals surface area (Å²) in [5.74, 6) is 2.22.